The first-order valence-corrected chi connectivity index (χ1v) is 7.40. The van der Waals surface area contributed by atoms with Gasteiger partial charge in [-0.05, 0) is 29.4 Å². The predicted octanol–water partition coefficient (Wildman–Crippen LogP) is 3.19. The third kappa shape index (κ3) is 2.54. The van der Waals surface area contributed by atoms with Gasteiger partial charge in [0.2, 0.25) is 5.91 Å². The van der Waals surface area contributed by atoms with Gasteiger partial charge >= 0.3 is 0 Å². The van der Waals surface area contributed by atoms with E-state index < -0.39 is 5.82 Å². The number of carbonyl (C=O) groups excluding carboxylic acids is 1. The third-order valence-corrected chi connectivity index (χ3v) is 4.50. The molecule has 1 aromatic carbocycles. The molecule has 0 bridgehead atoms. The van der Waals surface area contributed by atoms with Gasteiger partial charge in [0.25, 0.3) is 0 Å². The van der Waals surface area contributed by atoms with Gasteiger partial charge in [-0.2, -0.15) is 0 Å². The van der Waals surface area contributed by atoms with Crippen molar-refractivity contribution < 1.29 is 9.18 Å². The van der Waals surface area contributed by atoms with Crippen LogP contribution in [0.2, 0.25) is 0 Å². The fourth-order valence-corrected chi connectivity index (χ4v) is 3.48. The molecule has 1 aliphatic heterocycles. The number of fused-ring (bicyclic) bond motifs is 1. The van der Waals surface area contributed by atoms with Crippen LogP contribution in [0, 0.1) is 5.82 Å². The summed E-state index contributed by atoms with van der Waals surface area (Å²) in [4.78, 5) is 16.0. The maximum atomic E-state index is 13.5. The summed E-state index contributed by atoms with van der Waals surface area (Å²) in [6, 6.07) is 9.38. The summed E-state index contributed by atoms with van der Waals surface area (Å²) in [6.07, 6.45) is 3.52. The Morgan fingerprint density at radius 3 is 3.05 bits per heavy atom. The number of carbonyl (C=O) groups is 1. The third-order valence-electron chi connectivity index (χ3n) is 3.26. The van der Waals surface area contributed by atoms with Crippen LogP contribution in [0.1, 0.15) is 16.4 Å². The SMILES string of the molecule is O=C(Nc1ccncc1F)C1SCCc2ccccc21. The van der Waals surface area contributed by atoms with Crippen molar-refractivity contribution in [3.63, 3.8) is 0 Å². The van der Waals surface area contributed by atoms with Crippen LogP contribution < -0.4 is 5.32 Å². The summed E-state index contributed by atoms with van der Waals surface area (Å²) in [5.41, 5.74) is 2.39. The molecule has 1 aromatic heterocycles. The van der Waals surface area contributed by atoms with Crippen LogP contribution in [-0.2, 0) is 11.2 Å². The number of anilines is 1. The molecule has 20 heavy (non-hydrogen) atoms. The number of nitrogens with one attached hydrogen (secondary N) is 1. The Kier molecular flexibility index (Phi) is 3.69. The smallest absolute Gasteiger partial charge is 0.242 e. The van der Waals surface area contributed by atoms with E-state index in [0.717, 1.165) is 23.9 Å². The highest BCUT2D eigenvalue weighted by molar-refractivity contribution is 8.00. The zero-order valence-electron chi connectivity index (χ0n) is 10.7. The number of hydrogen-bond donors (Lipinski definition) is 1. The van der Waals surface area contributed by atoms with E-state index in [0.29, 0.717) is 0 Å². The summed E-state index contributed by atoms with van der Waals surface area (Å²) in [5, 5.41) is 2.36. The zero-order chi connectivity index (χ0) is 13.9. The van der Waals surface area contributed by atoms with Crippen LogP contribution in [0.5, 0.6) is 0 Å². The molecule has 102 valence electrons. The lowest BCUT2D eigenvalue weighted by molar-refractivity contribution is -0.115. The van der Waals surface area contributed by atoms with Gasteiger partial charge in [0.15, 0.2) is 5.82 Å². The molecule has 0 aliphatic carbocycles. The Morgan fingerprint density at radius 1 is 1.35 bits per heavy atom. The van der Waals surface area contributed by atoms with Crippen LogP contribution in [0.25, 0.3) is 0 Å². The van der Waals surface area contributed by atoms with Crippen molar-refractivity contribution >= 4 is 23.4 Å². The van der Waals surface area contributed by atoms with Gasteiger partial charge < -0.3 is 5.32 Å². The predicted molar refractivity (Wildman–Crippen MR) is 78.2 cm³/mol. The minimum Gasteiger partial charge on any atom is -0.322 e. The highest BCUT2D eigenvalue weighted by atomic mass is 32.2. The van der Waals surface area contributed by atoms with Crippen LogP contribution in [-0.4, -0.2) is 16.6 Å². The number of hydrogen-bond acceptors (Lipinski definition) is 3. The average molecular weight is 288 g/mol. The van der Waals surface area contributed by atoms with Gasteiger partial charge in [0, 0.05) is 6.20 Å². The highest BCUT2D eigenvalue weighted by Crippen LogP contribution is 2.37. The first-order chi connectivity index (χ1) is 9.75. The zero-order valence-corrected chi connectivity index (χ0v) is 11.5. The van der Waals surface area contributed by atoms with Crippen molar-refractivity contribution in [2.45, 2.75) is 11.7 Å². The number of rotatable bonds is 2. The maximum Gasteiger partial charge on any atom is 0.242 e. The molecule has 5 heteroatoms. The second-order valence-electron chi connectivity index (χ2n) is 4.54. The lowest BCUT2D eigenvalue weighted by Gasteiger charge is -2.24. The Hall–Kier alpha value is -1.88. The van der Waals surface area contributed by atoms with Gasteiger partial charge in [-0.25, -0.2) is 4.39 Å². The van der Waals surface area contributed by atoms with Gasteiger partial charge in [-0.15, -0.1) is 11.8 Å². The molecular formula is C15H13FN2OS. The number of pyridine rings is 1. The van der Waals surface area contributed by atoms with Crippen molar-refractivity contribution in [1.29, 1.82) is 0 Å². The number of aryl methyl sites for hydroxylation is 1. The normalized spacial score (nSPS) is 17.4. The van der Waals surface area contributed by atoms with E-state index in [9.17, 15) is 9.18 Å². The average Bonchev–Trinajstić information content (AvgIpc) is 2.49. The molecule has 0 spiro atoms. The largest absolute Gasteiger partial charge is 0.322 e. The second kappa shape index (κ2) is 5.63. The van der Waals surface area contributed by atoms with E-state index in [1.807, 2.05) is 24.3 Å². The first-order valence-electron chi connectivity index (χ1n) is 6.35. The number of halogens is 1. The lowest BCUT2D eigenvalue weighted by atomic mass is 10.0. The summed E-state index contributed by atoms with van der Waals surface area (Å²) in [6.45, 7) is 0. The Labute approximate surface area is 120 Å². The van der Waals surface area contributed by atoms with Crippen molar-refractivity contribution in [3.8, 4) is 0 Å². The highest BCUT2D eigenvalue weighted by Gasteiger charge is 2.27. The molecule has 0 radical (unpaired) electrons. The van der Waals surface area contributed by atoms with Crippen LogP contribution in [0.3, 0.4) is 0 Å². The molecular weight excluding hydrogens is 275 g/mol. The molecule has 1 aliphatic rings. The molecule has 1 N–H and O–H groups in total. The minimum atomic E-state index is -0.519. The quantitative estimate of drug-likeness (QED) is 0.922. The second-order valence-corrected chi connectivity index (χ2v) is 5.76. The van der Waals surface area contributed by atoms with E-state index >= 15 is 0 Å². The molecule has 3 nitrogen and oxygen atoms in total. The number of amides is 1. The fraction of sp³-hybridized carbons (Fsp3) is 0.200. The molecule has 0 saturated carbocycles. The summed E-state index contributed by atoms with van der Waals surface area (Å²) in [7, 11) is 0. The minimum absolute atomic E-state index is 0.175. The number of benzene rings is 1. The molecule has 0 fully saturated rings. The summed E-state index contributed by atoms with van der Waals surface area (Å²) < 4.78 is 13.5. The van der Waals surface area contributed by atoms with Gasteiger partial charge in [0.05, 0.1) is 11.9 Å². The Balaban J connectivity index is 1.84. The molecule has 2 aromatic rings. The van der Waals surface area contributed by atoms with Gasteiger partial charge in [0.1, 0.15) is 5.25 Å². The summed E-state index contributed by atoms with van der Waals surface area (Å²) in [5.74, 6) is 0.190. The fourth-order valence-electron chi connectivity index (χ4n) is 2.29. The molecule has 3 rings (SSSR count). The molecule has 2 heterocycles. The van der Waals surface area contributed by atoms with Crippen molar-refractivity contribution in [3.05, 3.63) is 59.7 Å². The summed E-state index contributed by atoms with van der Waals surface area (Å²) >= 11 is 1.59. The standard InChI is InChI=1S/C15H13FN2OS/c16-12-9-17-7-5-13(12)18-15(19)14-11-4-2-1-3-10(11)6-8-20-14/h1-5,7,9,14H,6,8H2,(H,17,18,19). The van der Waals surface area contributed by atoms with E-state index in [1.165, 1.54) is 17.8 Å². The molecule has 0 saturated heterocycles. The van der Waals surface area contributed by atoms with Gasteiger partial charge in [-0.3, -0.25) is 9.78 Å². The topological polar surface area (TPSA) is 42.0 Å². The molecule has 1 amide bonds. The van der Waals surface area contributed by atoms with Crippen LogP contribution in [0.4, 0.5) is 10.1 Å². The molecule has 1 unspecified atom stereocenters. The lowest BCUT2D eigenvalue weighted by Crippen LogP contribution is -2.23. The van der Waals surface area contributed by atoms with Crippen LogP contribution >= 0.6 is 11.8 Å². The number of aromatic nitrogens is 1. The monoisotopic (exact) mass is 288 g/mol. The van der Waals surface area contributed by atoms with Crippen molar-refractivity contribution in [2.24, 2.45) is 0 Å². The van der Waals surface area contributed by atoms with E-state index in [2.05, 4.69) is 10.3 Å². The van der Waals surface area contributed by atoms with Crippen molar-refractivity contribution in [1.82, 2.24) is 4.98 Å². The van der Waals surface area contributed by atoms with E-state index in [-0.39, 0.29) is 16.8 Å². The Morgan fingerprint density at radius 2 is 2.20 bits per heavy atom. The van der Waals surface area contributed by atoms with Crippen LogP contribution in [0.15, 0.2) is 42.7 Å². The Bertz CT molecular complexity index is 647. The number of nitrogens with zero attached hydrogens (tertiary/aromatic N) is 1. The van der Waals surface area contributed by atoms with Crippen molar-refractivity contribution in [2.75, 3.05) is 11.1 Å². The van der Waals surface area contributed by atoms with E-state index in [1.54, 1.807) is 11.8 Å². The maximum absolute atomic E-state index is 13.5. The molecule has 1 atom stereocenters. The van der Waals surface area contributed by atoms with Gasteiger partial charge in [-0.1, -0.05) is 24.3 Å². The number of thioether (sulfide) groups is 1. The van der Waals surface area contributed by atoms with E-state index in [4.69, 9.17) is 0 Å². The first kappa shape index (κ1) is 13.1.